The second-order valence-electron chi connectivity index (χ2n) is 3.32. The fourth-order valence-corrected chi connectivity index (χ4v) is 1.76. The zero-order valence-electron chi connectivity index (χ0n) is 8.20. The van der Waals surface area contributed by atoms with Crippen molar-refractivity contribution in [1.29, 1.82) is 0 Å². The van der Waals surface area contributed by atoms with Crippen molar-refractivity contribution in [2.24, 2.45) is 0 Å². The van der Waals surface area contributed by atoms with Crippen LogP contribution in [0.25, 0.3) is 0 Å². The van der Waals surface area contributed by atoms with Gasteiger partial charge in [-0.05, 0) is 12.5 Å². The predicted octanol–water partition coefficient (Wildman–Crippen LogP) is 1.85. The van der Waals surface area contributed by atoms with E-state index in [9.17, 15) is 24.1 Å². The van der Waals surface area contributed by atoms with Gasteiger partial charge in [0.15, 0.2) is 11.6 Å². The summed E-state index contributed by atoms with van der Waals surface area (Å²) in [6, 6.07) is 1.29. The SMILES string of the molecule is Oc1c(F)cc(F)cc1C(O)C(O)CCBr. The molecule has 0 aliphatic heterocycles. The molecule has 0 aliphatic carbocycles. The van der Waals surface area contributed by atoms with E-state index < -0.39 is 29.6 Å². The molecule has 1 rings (SSSR count). The molecule has 6 heteroatoms. The molecular formula is C10H11BrF2O3. The normalized spacial score (nSPS) is 14.8. The fraction of sp³-hybridized carbons (Fsp3) is 0.400. The molecule has 1 aromatic carbocycles. The average Bonchev–Trinajstić information content (AvgIpc) is 2.22. The van der Waals surface area contributed by atoms with Gasteiger partial charge in [0, 0.05) is 17.0 Å². The summed E-state index contributed by atoms with van der Waals surface area (Å²) in [7, 11) is 0. The van der Waals surface area contributed by atoms with Crippen LogP contribution in [-0.4, -0.2) is 26.8 Å². The van der Waals surface area contributed by atoms with E-state index in [0.29, 0.717) is 11.4 Å². The van der Waals surface area contributed by atoms with Gasteiger partial charge in [-0.15, -0.1) is 0 Å². The van der Waals surface area contributed by atoms with Crippen LogP contribution in [0.15, 0.2) is 12.1 Å². The van der Waals surface area contributed by atoms with Crippen molar-refractivity contribution in [2.45, 2.75) is 18.6 Å². The Labute approximate surface area is 99.5 Å². The molecule has 0 saturated heterocycles. The maximum absolute atomic E-state index is 13.0. The summed E-state index contributed by atoms with van der Waals surface area (Å²) < 4.78 is 25.8. The second-order valence-corrected chi connectivity index (χ2v) is 4.11. The molecule has 0 bridgehead atoms. The first kappa shape index (κ1) is 13.3. The van der Waals surface area contributed by atoms with Crippen LogP contribution in [0.2, 0.25) is 0 Å². The Balaban J connectivity index is 3.03. The Morgan fingerprint density at radius 3 is 2.44 bits per heavy atom. The number of rotatable bonds is 4. The highest BCUT2D eigenvalue weighted by molar-refractivity contribution is 9.09. The van der Waals surface area contributed by atoms with Gasteiger partial charge < -0.3 is 15.3 Å². The van der Waals surface area contributed by atoms with Crippen LogP contribution in [0.1, 0.15) is 18.1 Å². The van der Waals surface area contributed by atoms with Crippen molar-refractivity contribution in [2.75, 3.05) is 5.33 Å². The van der Waals surface area contributed by atoms with Gasteiger partial charge in [0.05, 0.1) is 6.10 Å². The van der Waals surface area contributed by atoms with E-state index in [-0.39, 0.29) is 12.0 Å². The minimum Gasteiger partial charge on any atom is -0.505 e. The number of benzene rings is 1. The minimum atomic E-state index is -1.53. The van der Waals surface area contributed by atoms with Crippen molar-refractivity contribution >= 4 is 15.9 Å². The summed E-state index contributed by atoms with van der Waals surface area (Å²) in [5, 5.41) is 28.7. The summed E-state index contributed by atoms with van der Waals surface area (Å²) in [4.78, 5) is 0. The van der Waals surface area contributed by atoms with Crippen LogP contribution >= 0.6 is 15.9 Å². The first-order valence-electron chi connectivity index (χ1n) is 4.57. The Morgan fingerprint density at radius 1 is 1.25 bits per heavy atom. The molecule has 2 unspecified atom stereocenters. The summed E-state index contributed by atoms with van der Waals surface area (Å²) in [6.45, 7) is 0. The van der Waals surface area contributed by atoms with Gasteiger partial charge >= 0.3 is 0 Å². The van der Waals surface area contributed by atoms with E-state index in [2.05, 4.69) is 15.9 Å². The van der Waals surface area contributed by atoms with Gasteiger partial charge in [-0.1, -0.05) is 15.9 Å². The number of aromatic hydroxyl groups is 1. The fourth-order valence-electron chi connectivity index (χ4n) is 1.29. The van der Waals surface area contributed by atoms with Crippen LogP contribution in [0.5, 0.6) is 5.75 Å². The first-order chi connectivity index (χ1) is 7.47. The molecule has 3 N–H and O–H groups in total. The molecule has 0 amide bonds. The van der Waals surface area contributed by atoms with Crippen LogP contribution in [0.4, 0.5) is 8.78 Å². The Morgan fingerprint density at radius 2 is 1.88 bits per heavy atom. The van der Waals surface area contributed by atoms with Crippen molar-refractivity contribution in [3.63, 3.8) is 0 Å². The average molecular weight is 297 g/mol. The monoisotopic (exact) mass is 296 g/mol. The molecule has 90 valence electrons. The molecule has 1 aromatic rings. The van der Waals surface area contributed by atoms with Gasteiger partial charge in [-0.25, -0.2) is 8.78 Å². The van der Waals surface area contributed by atoms with Crippen LogP contribution in [0.3, 0.4) is 0 Å². The summed E-state index contributed by atoms with van der Waals surface area (Å²) in [5.74, 6) is -2.93. The lowest BCUT2D eigenvalue weighted by Gasteiger charge is -2.18. The second kappa shape index (κ2) is 5.56. The highest BCUT2D eigenvalue weighted by atomic mass is 79.9. The van der Waals surface area contributed by atoms with Crippen molar-refractivity contribution in [3.8, 4) is 5.75 Å². The molecule has 3 nitrogen and oxygen atoms in total. The molecule has 0 spiro atoms. The zero-order chi connectivity index (χ0) is 12.3. The lowest BCUT2D eigenvalue weighted by atomic mass is 10.0. The number of hydrogen-bond donors (Lipinski definition) is 3. The topological polar surface area (TPSA) is 60.7 Å². The number of halogens is 3. The molecule has 0 saturated carbocycles. The standard InChI is InChI=1S/C10H11BrF2O3/c11-2-1-8(14)10(16)6-3-5(12)4-7(13)9(6)15/h3-4,8,10,14-16H,1-2H2. The smallest absolute Gasteiger partial charge is 0.168 e. The number of alkyl halides is 1. The predicted molar refractivity (Wildman–Crippen MR) is 57.4 cm³/mol. The largest absolute Gasteiger partial charge is 0.505 e. The maximum atomic E-state index is 13.0. The van der Waals surface area contributed by atoms with Crippen molar-refractivity contribution < 1.29 is 24.1 Å². The van der Waals surface area contributed by atoms with Gasteiger partial charge in [0.25, 0.3) is 0 Å². The summed E-state index contributed by atoms with van der Waals surface area (Å²) in [5.41, 5.74) is -0.356. The number of hydrogen-bond acceptors (Lipinski definition) is 3. The lowest BCUT2D eigenvalue weighted by Crippen LogP contribution is -2.19. The van der Waals surface area contributed by atoms with E-state index in [4.69, 9.17) is 0 Å². The quantitative estimate of drug-likeness (QED) is 0.743. The van der Waals surface area contributed by atoms with Gasteiger partial charge in [-0.3, -0.25) is 0 Å². The Bertz CT molecular complexity index is 373. The molecule has 0 fully saturated rings. The number of aliphatic hydroxyl groups excluding tert-OH is 2. The van der Waals surface area contributed by atoms with Gasteiger partial charge in [-0.2, -0.15) is 0 Å². The number of phenolic OH excluding ortho intramolecular Hbond substituents is 1. The third-order valence-electron chi connectivity index (χ3n) is 2.15. The molecule has 2 atom stereocenters. The first-order valence-corrected chi connectivity index (χ1v) is 5.69. The molecule has 16 heavy (non-hydrogen) atoms. The highest BCUT2D eigenvalue weighted by Gasteiger charge is 2.23. The van der Waals surface area contributed by atoms with Crippen LogP contribution in [-0.2, 0) is 0 Å². The molecule has 0 heterocycles. The van der Waals surface area contributed by atoms with Crippen LogP contribution < -0.4 is 0 Å². The number of phenols is 1. The van der Waals surface area contributed by atoms with Crippen molar-refractivity contribution in [1.82, 2.24) is 0 Å². The van der Waals surface area contributed by atoms with Gasteiger partial charge in [0.2, 0.25) is 0 Å². The maximum Gasteiger partial charge on any atom is 0.168 e. The highest BCUT2D eigenvalue weighted by Crippen LogP contribution is 2.30. The number of aliphatic hydroxyl groups is 2. The molecule has 0 aliphatic rings. The van der Waals surface area contributed by atoms with E-state index in [1.807, 2.05) is 0 Å². The minimum absolute atomic E-state index is 0.193. The van der Waals surface area contributed by atoms with E-state index in [1.165, 1.54) is 0 Å². The summed E-state index contributed by atoms with van der Waals surface area (Å²) >= 11 is 3.06. The lowest BCUT2D eigenvalue weighted by molar-refractivity contribution is 0.0155. The van der Waals surface area contributed by atoms with Crippen molar-refractivity contribution in [3.05, 3.63) is 29.3 Å². The van der Waals surface area contributed by atoms with E-state index in [0.717, 1.165) is 6.07 Å². The van der Waals surface area contributed by atoms with E-state index in [1.54, 1.807) is 0 Å². The van der Waals surface area contributed by atoms with Gasteiger partial charge in [0.1, 0.15) is 11.9 Å². The molecule has 0 radical (unpaired) electrons. The third-order valence-corrected chi connectivity index (χ3v) is 2.60. The Hall–Kier alpha value is -0.720. The molecule has 0 aromatic heterocycles. The molecular weight excluding hydrogens is 286 g/mol. The zero-order valence-corrected chi connectivity index (χ0v) is 9.79. The van der Waals surface area contributed by atoms with Crippen LogP contribution in [0, 0.1) is 11.6 Å². The third kappa shape index (κ3) is 2.90. The van der Waals surface area contributed by atoms with E-state index >= 15 is 0 Å². The Kier molecular flexibility index (Phi) is 4.64. The summed E-state index contributed by atoms with van der Waals surface area (Å²) in [6.07, 6.45) is -2.53.